The first-order chi connectivity index (χ1) is 9.08. The number of hydrogen-bond donors (Lipinski definition) is 1. The molecule has 0 saturated carbocycles. The van der Waals surface area contributed by atoms with Crippen molar-refractivity contribution in [3.63, 3.8) is 0 Å². The van der Waals surface area contributed by atoms with Gasteiger partial charge in [0, 0.05) is 11.6 Å². The van der Waals surface area contributed by atoms with Crippen molar-refractivity contribution >= 4 is 12.0 Å². The van der Waals surface area contributed by atoms with Gasteiger partial charge in [0.25, 0.3) is 0 Å². The van der Waals surface area contributed by atoms with Crippen LogP contribution in [0.1, 0.15) is 5.56 Å². The highest BCUT2D eigenvalue weighted by atomic mass is 16.5. The van der Waals surface area contributed by atoms with E-state index in [1.54, 1.807) is 6.07 Å². The maximum atomic E-state index is 11.1. The standard InChI is InChI=1S/C13H16O6/c1-16-9-7-8(5-6-10(14)17-2)12(18-3)11(15)13(9)19-4/h5-7,15H,1-4H3. The molecule has 0 unspecified atom stereocenters. The maximum Gasteiger partial charge on any atom is 0.330 e. The van der Waals surface area contributed by atoms with Crippen LogP contribution in [-0.2, 0) is 9.53 Å². The Hall–Kier alpha value is -2.37. The average Bonchev–Trinajstić information content (AvgIpc) is 2.43. The van der Waals surface area contributed by atoms with Crippen molar-refractivity contribution in [3.05, 3.63) is 17.7 Å². The number of ether oxygens (including phenoxy) is 4. The number of carbonyl (C=O) groups excluding carboxylic acids is 1. The molecule has 104 valence electrons. The lowest BCUT2D eigenvalue weighted by atomic mass is 10.1. The fourth-order valence-electron chi connectivity index (χ4n) is 1.54. The molecule has 19 heavy (non-hydrogen) atoms. The summed E-state index contributed by atoms with van der Waals surface area (Å²) >= 11 is 0. The van der Waals surface area contributed by atoms with Gasteiger partial charge in [-0.1, -0.05) is 0 Å². The van der Waals surface area contributed by atoms with Gasteiger partial charge in [-0.25, -0.2) is 4.79 Å². The minimum Gasteiger partial charge on any atom is -0.502 e. The first-order valence-corrected chi connectivity index (χ1v) is 5.37. The largest absolute Gasteiger partial charge is 0.502 e. The topological polar surface area (TPSA) is 74.2 Å². The van der Waals surface area contributed by atoms with Gasteiger partial charge in [0.2, 0.25) is 11.5 Å². The van der Waals surface area contributed by atoms with Crippen LogP contribution in [0.15, 0.2) is 12.1 Å². The number of carbonyl (C=O) groups is 1. The molecule has 0 aliphatic heterocycles. The number of methoxy groups -OCH3 is 4. The average molecular weight is 268 g/mol. The molecule has 6 nitrogen and oxygen atoms in total. The fraction of sp³-hybridized carbons (Fsp3) is 0.308. The smallest absolute Gasteiger partial charge is 0.330 e. The summed E-state index contributed by atoms with van der Waals surface area (Å²) < 4.78 is 19.7. The first kappa shape index (κ1) is 14.7. The quantitative estimate of drug-likeness (QED) is 0.646. The van der Waals surface area contributed by atoms with Crippen molar-refractivity contribution < 1.29 is 28.8 Å². The van der Waals surface area contributed by atoms with Crippen molar-refractivity contribution in [2.75, 3.05) is 28.4 Å². The third kappa shape index (κ3) is 3.09. The predicted octanol–water partition coefficient (Wildman–Crippen LogP) is 1.60. The zero-order valence-corrected chi connectivity index (χ0v) is 11.2. The van der Waals surface area contributed by atoms with Gasteiger partial charge in [0.1, 0.15) is 0 Å². The van der Waals surface area contributed by atoms with Gasteiger partial charge < -0.3 is 24.1 Å². The monoisotopic (exact) mass is 268 g/mol. The second-order valence-electron chi connectivity index (χ2n) is 3.44. The van der Waals surface area contributed by atoms with Crippen LogP contribution in [0.2, 0.25) is 0 Å². The Bertz CT molecular complexity index is 492. The Morgan fingerprint density at radius 1 is 1.11 bits per heavy atom. The normalized spacial score (nSPS) is 10.3. The van der Waals surface area contributed by atoms with E-state index in [0.717, 1.165) is 0 Å². The molecule has 0 amide bonds. The number of hydrogen-bond acceptors (Lipinski definition) is 6. The van der Waals surface area contributed by atoms with E-state index in [1.165, 1.54) is 40.6 Å². The summed E-state index contributed by atoms with van der Waals surface area (Å²) in [5.74, 6) is -0.0529. The first-order valence-electron chi connectivity index (χ1n) is 5.37. The van der Waals surface area contributed by atoms with E-state index >= 15 is 0 Å². The molecule has 0 aliphatic carbocycles. The molecule has 0 spiro atoms. The molecule has 0 aliphatic rings. The summed E-state index contributed by atoms with van der Waals surface area (Å²) in [6.45, 7) is 0. The number of phenolic OH excluding ortho intramolecular Hbond substituents is 1. The second-order valence-corrected chi connectivity index (χ2v) is 3.44. The molecule has 1 aromatic carbocycles. The fourth-order valence-corrected chi connectivity index (χ4v) is 1.54. The lowest BCUT2D eigenvalue weighted by molar-refractivity contribution is -0.134. The lowest BCUT2D eigenvalue weighted by Gasteiger charge is -2.14. The molecular formula is C13H16O6. The van der Waals surface area contributed by atoms with Crippen molar-refractivity contribution in [3.8, 4) is 23.0 Å². The molecular weight excluding hydrogens is 252 g/mol. The molecule has 1 aromatic rings. The van der Waals surface area contributed by atoms with Crippen LogP contribution in [0.5, 0.6) is 23.0 Å². The van der Waals surface area contributed by atoms with Gasteiger partial charge in [-0.3, -0.25) is 0 Å². The Morgan fingerprint density at radius 2 is 1.74 bits per heavy atom. The zero-order valence-electron chi connectivity index (χ0n) is 11.2. The molecule has 0 aromatic heterocycles. The molecule has 0 atom stereocenters. The van der Waals surface area contributed by atoms with Gasteiger partial charge in [0.15, 0.2) is 11.5 Å². The second kappa shape index (κ2) is 6.53. The summed E-state index contributed by atoms with van der Waals surface area (Å²) in [4.78, 5) is 11.1. The summed E-state index contributed by atoms with van der Waals surface area (Å²) in [6.07, 6.45) is 2.66. The summed E-state index contributed by atoms with van der Waals surface area (Å²) in [5, 5.41) is 10.0. The van der Waals surface area contributed by atoms with E-state index in [9.17, 15) is 9.90 Å². The van der Waals surface area contributed by atoms with Crippen LogP contribution >= 0.6 is 0 Å². The van der Waals surface area contributed by atoms with E-state index in [-0.39, 0.29) is 17.2 Å². The maximum absolute atomic E-state index is 11.1. The lowest BCUT2D eigenvalue weighted by Crippen LogP contribution is -1.97. The molecule has 0 heterocycles. The van der Waals surface area contributed by atoms with E-state index < -0.39 is 5.97 Å². The molecule has 0 radical (unpaired) electrons. The van der Waals surface area contributed by atoms with Crippen LogP contribution in [0.25, 0.3) is 6.08 Å². The number of phenols is 1. The van der Waals surface area contributed by atoms with Crippen LogP contribution in [-0.4, -0.2) is 39.5 Å². The highest BCUT2D eigenvalue weighted by molar-refractivity contribution is 5.88. The molecule has 0 saturated heterocycles. The van der Waals surface area contributed by atoms with Crippen LogP contribution < -0.4 is 14.2 Å². The highest BCUT2D eigenvalue weighted by Crippen LogP contribution is 2.46. The number of benzene rings is 1. The minimum atomic E-state index is -0.517. The van der Waals surface area contributed by atoms with E-state index in [1.807, 2.05) is 0 Å². The van der Waals surface area contributed by atoms with Crippen molar-refractivity contribution in [1.29, 1.82) is 0 Å². The summed E-state index contributed by atoms with van der Waals surface area (Å²) in [5.41, 5.74) is 0.461. The molecule has 1 rings (SSSR count). The third-order valence-electron chi connectivity index (χ3n) is 2.43. The number of esters is 1. The third-order valence-corrected chi connectivity index (χ3v) is 2.43. The van der Waals surface area contributed by atoms with Crippen LogP contribution in [0.3, 0.4) is 0 Å². The SMILES string of the molecule is COC(=O)C=Cc1cc(OC)c(OC)c(O)c1OC. The molecule has 1 N–H and O–H groups in total. The van der Waals surface area contributed by atoms with Gasteiger partial charge in [0.05, 0.1) is 28.4 Å². The Morgan fingerprint density at radius 3 is 2.21 bits per heavy atom. The molecule has 0 bridgehead atoms. The summed E-state index contributed by atoms with van der Waals surface area (Å²) in [6, 6.07) is 1.58. The Kier molecular flexibility index (Phi) is 5.05. The molecule has 0 fully saturated rings. The van der Waals surface area contributed by atoms with Gasteiger partial charge in [-0.05, 0) is 12.1 Å². The minimum absolute atomic E-state index is 0.162. The molecule has 6 heteroatoms. The predicted molar refractivity (Wildman–Crippen MR) is 68.8 cm³/mol. The van der Waals surface area contributed by atoms with Crippen molar-refractivity contribution in [2.24, 2.45) is 0 Å². The number of rotatable bonds is 5. The van der Waals surface area contributed by atoms with Gasteiger partial charge >= 0.3 is 5.97 Å². The van der Waals surface area contributed by atoms with Crippen molar-refractivity contribution in [2.45, 2.75) is 0 Å². The van der Waals surface area contributed by atoms with E-state index in [2.05, 4.69) is 4.74 Å². The highest BCUT2D eigenvalue weighted by Gasteiger charge is 2.18. The van der Waals surface area contributed by atoms with E-state index in [0.29, 0.717) is 11.3 Å². The van der Waals surface area contributed by atoms with Gasteiger partial charge in [-0.15, -0.1) is 0 Å². The number of aromatic hydroxyl groups is 1. The van der Waals surface area contributed by atoms with Gasteiger partial charge in [-0.2, -0.15) is 0 Å². The van der Waals surface area contributed by atoms with Crippen LogP contribution in [0.4, 0.5) is 0 Å². The van der Waals surface area contributed by atoms with Crippen molar-refractivity contribution in [1.82, 2.24) is 0 Å². The van der Waals surface area contributed by atoms with Crippen LogP contribution in [0, 0.1) is 0 Å². The zero-order chi connectivity index (χ0) is 14.4. The Labute approximate surface area is 111 Å². The Balaban J connectivity index is 3.34. The van der Waals surface area contributed by atoms with E-state index in [4.69, 9.17) is 14.2 Å². The summed E-state index contributed by atoms with van der Waals surface area (Å²) in [7, 11) is 5.52.